The summed E-state index contributed by atoms with van der Waals surface area (Å²) in [6.45, 7) is 5.51. The molecule has 0 amide bonds. The Bertz CT molecular complexity index is 808. The smallest absolute Gasteiger partial charge is 0.360 e. The molecular formula is C17H17NO6. The minimum atomic E-state index is -0.593. The summed E-state index contributed by atoms with van der Waals surface area (Å²) in [4.78, 5) is 27.3. The first-order valence-corrected chi connectivity index (χ1v) is 7.49. The molecule has 0 aliphatic carbocycles. The summed E-state index contributed by atoms with van der Waals surface area (Å²) in [6, 6.07) is 4.86. The zero-order valence-electron chi connectivity index (χ0n) is 13.6. The van der Waals surface area contributed by atoms with Crippen molar-refractivity contribution >= 4 is 11.9 Å². The van der Waals surface area contributed by atoms with Gasteiger partial charge in [0.2, 0.25) is 6.79 Å². The number of H-pyrrole nitrogens is 1. The summed E-state index contributed by atoms with van der Waals surface area (Å²) in [5, 5.41) is 0. The Kier molecular flexibility index (Phi) is 4.16. The minimum absolute atomic E-state index is 0.143. The number of ether oxygens (including phenoxy) is 4. The summed E-state index contributed by atoms with van der Waals surface area (Å²) in [7, 11) is 0. The van der Waals surface area contributed by atoms with E-state index in [1.807, 2.05) is 0 Å². The molecule has 1 aliphatic rings. The maximum Gasteiger partial charge on any atom is 0.360 e. The molecule has 7 heteroatoms. The topological polar surface area (TPSA) is 86.9 Å². The number of aryl methyl sites for hydroxylation is 1. The van der Waals surface area contributed by atoms with Crippen LogP contribution < -0.4 is 14.2 Å². The molecule has 0 unspecified atom stereocenters. The predicted octanol–water partition coefficient (Wildman–Crippen LogP) is 2.76. The number of carbonyl (C=O) groups is 2. The van der Waals surface area contributed by atoms with Crippen LogP contribution >= 0.6 is 0 Å². The monoisotopic (exact) mass is 331 g/mol. The molecule has 0 saturated heterocycles. The molecule has 126 valence electrons. The van der Waals surface area contributed by atoms with Gasteiger partial charge in [-0.15, -0.1) is 0 Å². The quantitative estimate of drug-likeness (QED) is 0.685. The molecule has 3 rings (SSSR count). The van der Waals surface area contributed by atoms with Gasteiger partial charge in [0.05, 0.1) is 12.2 Å². The number of rotatable bonds is 4. The van der Waals surface area contributed by atoms with Crippen LogP contribution in [0.3, 0.4) is 0 Å². The third-order valence-electron chi connectivity index (χ3n) is 3.68. The number of hydrogen-bond acceptors (Lipinski definition) is 6. The maximum absolute atomic E-state index is 12.4. The van der Waals surface area contributed by atoms with Gasteiger partial charge in [-0.1, -0.05) is 0 Å². The zero-order valence-corrected chi connectivity index (χ0v) is 13.6. The molecule has 0 fully saturated rings. The molecule has 0 saturated carbocycles. The molecule has 0 atom stereocenters. The third kappa shape index (κ3) is 2.80. The standard InChI is InChI=1S/C17H17NO6/c1-4-21-16(19)14-9(2)15(18-10(14)3)17(20)24-11-5-6-12-13(7-11)23-8-22-12/h5-7,18H,4,8H2,1-3H3. The normalized spacial score (nSPS) is 12.1. The molecule has 24 heavy (non-hydrogen) atoms. The van der Waals surface area contributed by atoms with Gasteiger partial charge in [0, 0.05) is 11.8 Å². The second-order valence-corrected chi connectivity index (χ2v) is 5.25. The van der Waals surface area contributed by atoms with Crippen LogP contribution in [-0.2, 0) is 4.74 Å². The Morgan fingerprint density at radius 2 is 1.92 bits per heavy atom. The number of nitrogens with one attached hydrogen (secondary N) is 1. The van der Waals surface area contributed by atoms with Crippen LogP contribution in [-0.4, -0.2) is 30.3 Å². The molecule has 0 radical (unpaired) electrons. The van der Waals surface area contributed by atoms with E-state index in [0.717, 1.165) is 0 Å². The van der Waals surface area contributed by atoms with E-state index in [4.69, 9.17) is 18.9 Å². The predicted molar refractivity (Wildman–Crippen MR) is 83.7 cm³/mol. The highest BCUT2D eigenvalue weighted by atomic mass is 16.7. The highest BCUT2D eigenvalue weighted by Gasteiger charge is 2.24. The second kappa shape index (κ2) is 6.27. The van der Waals surface area contributed by atoms with Crippen molar-refractivity contribution in [3.05, 3.63) is 40.7 Å². The molecule has 0 spiro atoms. The molecule has 0 bridgehead atoms. The highest BCUT2D eigenvalue weighted by Crippen LogP contribution is 2.35. The van der Waals surface area contributed by atoms with Crippen molar-refractivity contribution in [2.24, 2.45) is 0 Å². The Morgan fingerprint density at radius 1 is 1.17 bits per heavy atom. The lowest BCUT2D eigenvalue weighted by Gasteiger charge is -2.05. The Balaban J connectivity index is 1.83. The highest BCUT2D eigenvalue weighted by molar-refractivity contribution is 5.99. The third-order valence-corrected chi connectivity index (χ3v) is 3.68. The Hall–Kier alpha value is -2.96. The van der Waals surface area contributed by atoms with Crippen LogP contribution in [0.25, 0.3) is 0 Å². The van der Waals surface area contributed by atoms with Crippen LogP contribution in [0.15, 0.2) is 18.2 Å². The van der Waals surface area contributed by atoms with Crippen molar-refractivity contribution in [1.82, 2.24) is 4.98 Å². The van der Waals surface area contributed by atoms with Crippen molar-refractivity contribution in [3.63, 3.8) is 0 Å². The Morgan fingerprint density at radius 3 is 2.67 bits per heavy atom. The summed E-state index contributed by atoms with van der Waals surface area (Å²) in [5.74, 6) is 0.391. The molecule has 7 nitrogen and oxygen atoms in total. The van der Waals surface area contributed by atoms with Crippen molar-refractivity contribution in [2.75, 3.05) is 13.4 Å². The lowest BCUT2D eigenvalue weighted by atomic mass is 10.1. The number of aromatic amines is 1. The molecule has 1 aliphatic heterocycles. The van der Waals surface area contributed by atoms with Gasteiger partial charge in [-0.2, -0.15) is 0 Å². The van der Waals surface area contributed by atoms with Crippen LogP contribution in [0.5, 0.6) is 17.2 Å². The first-order valence-electron chi connectivity index (χ1n) is 7.49. The second-order valence-electron chi connectivity index (χ2n) is 5.25. The molecule has 1 N–H and O–H groups in total. The van der Waals surface area contributed by atoms with Crippen molar-refractivity contribution < 1.29 is 28.5 Å². The largest absolute Gasteiger partial charge is 0.462 e. The lowest BCUT2D eigenvalue weighted by Crippen LogP contribution is -2.11. The summed E-state index contributed by atoms with van der Waals surface area (Å²) in [5.41, 5.74) is 1.63. The van der Waals surface area contributed by atoms with Gasteiger partial charge in [0.25, 0.3) is 0 Å². The Labute approximate surface area is 138 Å². The lowest BCUT2D eigenvalue weighted by molar-refractivity contribution is 0.0525. The fraction of sp³-hybridized carbons (Fsp3) is 0.294. The van der Waals surface area contributed by atoms with Gasteiger partial charge in [-0.25, -0.2) is 9.59 Å². The fourth-order valence-corrected chi connectivity index (χ4v) is 2.56. The summed E-state index contributed by atoms with van der Waals surface area (Å²) < 4.78 is 20.8. The fourth-order valence-electron chi connectivity index (χ4n) is 2.56. The van der Waals surface area contributed by atoms with Gasteiger partial charge >= 0.3 is 11.9 Å². The van der Waals surface area contributed by atoms with E-state index in [9.17, 15) is 9.59 Å². The SMILES string of the molecule is CCOC(=O)c1c(C)[nH]c(C(=O)Oc2ccc3c(c2)OCO3)c1C. The molecule has 1 aromatic heterocycles. The first-order chi connectivity index (χ1) is 11.5. The number of hydrogen-bond donors (Lipinski definition) is 1. The van der Waals surface area contributed by atoms with Gasteiger partial charge < -0.3 is 23.9 Å². The number of aromatic nitrogens is 1. The maximum atomic E-state index is 12.4. The van der Waals surface area contributed by atoms with Gasteiger partial charge in [-0.05, 0) is 38.5 Å². The van der Waals surface area contributed by atoms with Gasteiger partial charge in [0.1, 0.15) is 11.4 Å². The minimum Gasteiger partial charge on any atom is -0.462 e. The van der Waals surface area contributed by atoms with Crippen LogP contribution in [0.2, 0.25) is 0 Å². The number of esters is 2. The van der Waals surface area contributed by atoms with E-state index in [1.165, 1.54) is 0 Å². The van der Waals surface area contributed by atoms with Crippen molar-refractivity contribution in [1.29, 1.82) is 0 Å². The number of benzene rings is 1. The first kappa shape index (κ1) is 15.9. The average molecular weight is 331 g/mol. The van der Waals surface area contributed by atoms with E-state index in [1.54, 1.807) is 39.0 Å². The van der Waals surface area contributed by atoms with Crippen LogP contribution in [0.4, 0.5) is 0 Å². The molecular weight excluding hydrogens is 314 g/mol. The molecule has 2 aromatic rings. The van der Waals surface area contributed by atoms with E-state index < -0.39 is 11.9 Å². The van der Waals surface area contributed by atoms with E-state index in [0.29, 0.717) is 34.1 Å². The summed E-state index contributed by atoms with van der Waals surface area (Å²) >= 11 is 0. The molecule has 1 aromatic carbocycles. The number of fused-ring (bicyclic) bond motifs is 1. The van der Waals surface area contributed by atoms with Gasteiger partial charge in [-0.3, -0.25) is 0 Å². The van der Waals surface area contributed by atoms with Crippen LogP contribution in [0.1, 0.15) is 39.0 Å². The van der Waals surface area contributed by atoms with Crippen LogP contribution in [0, 0.1) is 13.8 Å². The zero-order chi connectivity index (χ0) is 17.3. The van der Waals surface area contributed by atoms with E-state index in [-0.39, 0.29) is 19.1 Å². The summed E-state index contributed by atoms with van der Waals surface area (Å²) in [6.07, 6.45) is 0. The molecule has 2 heterocycles. The van der Waals surface area contributed by atoms with E-state index in [2.05, 4.69) is 4.98 Å². The number of carbonyl (C=O) groups excluding carboxylic acids is 2. The van der Waals surface area contributed by atoms with Gasteiger partial charge in [0.15, 0.2) is 11.5 Å². The van der Waals surface area contributed by atoms with Crippen molar-refractivity contribution in [3.8, 4) is 17.2 Å². The average Bonchev–Trinajstić information content (AvgIpc) is 3.11. The van der Waals surface area contributed by atoms with Crippen molar-refractivity contribution in [2.45, 2.75) is 20.8 Å². The van der Waals surface area contributed by atoms with E-state index >= 15 is 0 Å².